The lowest BCUT2D eigenvalue weighted by atomic mass is 9.86. The molecule has 1 atom stereocenters. The standard InChI is InChI=1S/C16H18BrNO4/c17-10-3-6-14-12(7-10)13(8-22-14)15(19)18-11-4-1-9(2-5-11)16(20)21/h3,6-7,9,11,13H,1-2,4-5,8H2,(H,18,19)(H,20,21). The lowest BCUT2D eigenvalue weighted by Crippen LogP contribution is -2.41. The van der Waals surface area contributed by atoms with Crippen LogP contribution in [0.1, 0.15) is 37.2 Å². The van der Waals surface area contributed by atoms with Gasteiger partial charge >= 0.3 is 5.97 Å². The van der Waals surface area contributed by atoms with Gasteiger partial charge in [0.2, 0.25) is 5.91 Å². The van der Waals surface area contributed by atoms with Crippen molar-refractivity contribution in [3.8, 4) is 5.75 Å². The predicted molar refractivity (Wildman–Crippen MR) is 83.9 cm³/mol. The van der Waals surface area contributed by atoms with E-state index >= 15 is 0 Å². The molecule has 0 saturated heterocycles. The van der Waals surface area contributed by atoms with Crippen molar-refractivity contribution in [2.75, 3.05) is 6.61 Å². The summed E-state index contributed by atoms with van der Waals surface area (Å²) in [5.41, 5.74) is 0.908. The summed E-state index contributed by atoms with van der Waals surface area (Å²) in [7, 11) is 0. The molecule has 5 nitrogen and oxygen atoms in total. The molecule has 1 aromatic rings. The minimum atomic E-state index is -0.729. The molecule has 1 heterocycles. The number of aliphatic carboxylic acids is 1. The van der Waals surface area contributed by atoms with Crippen molar-refractivity contribution in [2.45, 2.75) is 37.6 Å². The highest BCUT2D eigenvalue weighted by Gasteiger charge is 2.33. The maximum atomic E-state index is 12.5. The SMILES string of the molecule is O=C(O)C1CCC(NC(=O)C2COc3ccc(Br)cc32)CC1. The van der Waals surface area contributed by atoms with E-state index in [1.807, 2.05) is 18.2 Å². The first-order valence-electron chi connectivity index (χ1n) is 7.50. The van der Waals surface area contributed by atoms with Gasteiger partial charge in [-0.1, -0.05) is 15.9 Å². The Morgan fingerprint density at radius 2 is 1.95 bits per heavy atom. The summed E-state index contributed by atoms with van der Waals surface area (Å²) in [6.45, 7) is 0.363. The number of carboxylic acids is 1. The normalized spacial score (nSPS) is 26.9. The highest BCUT2D eigenvalue weighted by molar-refractivity contribution is 9.10. The summed E-state index contributed by atoms with van der Waals surface area (Å²) in [6, 6.07) is 5.75. The molecular weight excluding hydrogens is 350 g/mol. The summed E-state index contributed by atoms with van der Waals surface area (Å²) >= 11 is 3.42. The summed E-state index contributed by atoms with van der Waals surface area (Å²) in [6.07, 6.45) is 2.70. The fourth-order valence-corrected chi connectivity index (χ4v) is 3.57. The molecule has 1 aliphatic carbocycles. The van der Waals surface area contributed by atoms with Gasteiger partial charge in [-0.15, -0.1) is 0 Å². The fraction of sp³-hybridized carbons (Fsp3) is 0.500. The number of amides is 1. The average molecular weight is 368 g/mol. The van der Waals surface area contributed by atoms with Crippen LogP contribution in [0.3, 0.4) is 0 Å². The number of hydrogen-bond acceptors (Lipinski definition) is 3. The van der Waals surface area contributed by atoms with Gasteiger partial charge in [-0.2, -0.15) is 0 Å². The molecular formula is C16H18BrNO4. The summed E-state index contributed by atoms with van der Waals surface area (Å²) < 4.78 is 6.49. The molecule has 2 aliphatic rings. The molecule has 0 bridgehead atoms. The molecule has 1 aromatic carbocycles. The highest BCUT2D eigenvalue weighted by Crippen LogP contribution is 2.36. The van der Waals surface area contributed by atoms with Crippen molar-refractivity contribution in [3.63, 3.8) is 0 Å². The van der Waals surface area contributed by atoms with Crippen molar-refractivity contribution >= 4 is 27.8 Å². The van der Waals surface area contributed by atoms with Gasteiger partial charge in [-0.3, -0.25) is 9.59 Å². The van der Waals surface area contributed by atoms with E-state index in [1.54, 1.807) is 0 Å². The van der Waals surface area contributed by atoms with E-state index in [0.717, 1.165) is 28.6 Å². The third-order valence-corrected chi connectivity index (χ3v) is 4.99. The van der Waals surface area contributed by atoms with Crippen LogP contribution in [-0.4, -0.2) is 29.6 Å². The van der Waals surface area contributed by atoms with Gasteiger partial charge in [0.15, 0.2) is 0 Å². The van der Waals surface area contributed by atoms with E-state index in [4.69, 9.17) is 9.84 Å². The molecule has 1 fully saturated rings. The Hall–Kier alpha value is -1.56. The van der Waals surface area contributed by atoms with Gasteiger partial charge in [0.1, 0.15) is 18.3 Å². The zero-order valence-corrected chi connectivity index (χ0v) is 13.6. The first-order valence-corrected chi connectivity index (χ1v) is 8.29. The van der Waals surface area contributed by atoms with Crippen LogP contribution in [0.2, 0.25) is 0 Å². The number of benzene rings is 1. The molecule has 0 aromatic heterocycles. The second-order valence-electron chi connectivity index (χ2n) is 5.94. The smallest absolute Gasteiger partial charge is 0.306 e. The Labute approximate surface area is 137 Å². The minimum Gasteiger partial charge on any atom is -0.492 e. The molecule has 0 spiro atoms. The second kappa shape index (κ2) is 6.28. The number of nitrogens with one attached hydrogen (secondary N) is 1. The Bertz CT molecular complexity index is 596. The van der Waals surface area contributed by atoms with Crippen LogP contribution in [0.5, 0.6) is 5.75 Å². The van der Waals surface area contributed by atoms with Gasteiger partial charge in [0.25, 0.3) is 0 Å². The van der Waals surface area contributed by atoms with Crippen LogP contribution in [-0.2, 0) is 9.59 Å². The van der Waals surface area contributed by atoms with Crippen molar-refractivity contribution in [3.05, 3.63) is 28.2 Å². The van der Waals surface area contributed by atoms with Crippen LogP contribution < -0.4 is 10.1 Å². The molecule has 6 heteroatoms. The van der Waals surface area contributed by atoms with Gasteiger partial charge in [0, 0.05) is 16.1 Å². The Kier molecular flexibility index (Phi) is 4.38. The van der Waals surface area contributed by atoms with Crippen LogP contribution in [0, 0.1) is 5.92 Å². The van der Waals surface area contributed by atoms with E-state index in [-0.39, 0.29) is 23.8 Å². The van der Waals surface area contributed by atoms with E-state index < -0.39 is 5.97 Å². The largest absolute Gasteiger partial charge is 0.492 e. The second-order valence-corrected chi connectivity index (χ2v) is 6.86. The molecule has 0 radical (unpaired) electrons. The number of halogens is 1. The van der Waals surface area contributed by atoms with Gasteiger partial charge in [-0.05, 0) is 43.9 Å². The van der Waals surface area contributed by atoms with Crippen molar-refractivity contribution in [1.82, 2.24) is 5.32 Å². The summed E-state index contributed by atoms with van der Waals surface area (Å²) in [4.78, 5) is 23.4. The molecule has 2 N–H and O–H groups in total. The Balaban J connectivity index is 1.60. The van der Waals surface area contributed by atoms with Gasteiger partial charge < -0.3 is 15.2 Å². The van der Waals surface area contributed by atoms with Crippen molar-refractivity contribution in [2.24, 2.45) is 5.92 Å². The number of ether oxygens (including phenoxy) is 1. The van der Waals surface area contributed by atoms with Gasteiger partial charge in [-0.25, -0.2) is 0 Å². The number of fused-ring (bicyclic) bond motifs is 1. The number of hydrogen-bond donors (Lipinski definition) is 2. The van der Waals surface area contributed by atoms with Crippen LogP contribution in [0.25, 0.3) is 0 Å². The topological polar surface area (TPSA) is 75.6 Å². The number of carbonyl (C=O) groups is 2. The van der Waals surface area contributed by atoms with Crippen LogP contribution >= 0.6 is 15.9 Å². The maximum Gasteiger partial charge on any atom is 0.306 e. The first-order chi connectivity index (χ1) is 10.5. The fourth-order valence-electron chi connectivity index (χ4n) is 3.19. The molecule has 118 valence electrons. The Morgan fingerprint density at radius 1 is 1.23 bits per heavy atom. The average Bonchev–Trinajstić information content (AvgIpc) is 2.90. The van der Waals surface area contributed by atoms with Crippen LogP contribution in [0.15, 0.2) is 22.7 Å². The molecule has 1 saturated carbocycles. The minimum absolute atomic E-state index is 0.0318. The summed E-state index contributed by atoms with van der Waals surface area (Å²) in [5.74, 6) is -0.550. The third kappa shape index (κ3) is 3.11. The van der Waals surface area contributed by atoms with E-state index in [2.05, 4.69) is 21.2 Å². The number of rotatable bonds is 3. The van der Waals surface area contributed by atoms with E-state index in [9.17, 15) is 9.59 Å². The Morgan fingerprint density at radius 3 is 2.64 bits per heavy atom. The molecule has 22 heavy (non-hydrogen) atoms. The number of carboxylic acid groups (broad SMARTS) is 1. The van der Waals surface area contributed by atoms with E-state index in [0.29, 0.717) is 19.4 Å². The zero-order valence-electron chi connectivity index (χ0n) is 12.0. The third-order valence-electron chi connectivity index (χ3n) is 4.49. The quantitative estimate of drug-likeness (QED) is 0.860. The molecule has 3 rings (SSSR count). The lowest BCUT2D eigenvalue weighted by Gasteiger charge is -2.27. The van der Waals surface area contributed by atoms with Crippen molar-refractivity contribution < 1.29 is 19.4 Å². The molecule has 1 aliphatic heterocycles. The van der Waals surface area contributed by atoms with Crippen molar-refractivity contribution in [1.29, 1.82) is 0 Å². The predicted octanol–water partition coefficient (Wildman–Crippen LogP) is 2.68. The van der Waals surface area contributed by atoms with Gasteiger partial charge in [0.05, 0.1) is 5.92 Å². The zero-order chi connectivity index (χ0) is 15.7. The maximum absolute atomic E-state index is 12.5. The highest BCUT2D eigenvalue weighted by atomic mass is 79.9. The van der Waals surface area contributed by atoms with Crippen LogP contribution in [0.4, 0.5) is 0 Å². The number of carbonyl (C=O) groups excluding carboxylic acids is 1. The first kappa shape index (κ1) is 15.3. The monoisotopic (exact) mass is 367 g/mol. The molecule has 1 unspecified atom stereocenters. The van der Waals surface area contributed by atoms with E-state index in [1.165, 1.54) is 0 Å². The molecule has 1 amide bonds. The lowest BCUT2D eigenvalue weighted by molar-refractivity contribution is -0.142. The summed E-state index contributed by atoms with van der Waals surface area (Å²) in [5, 5.41) is 12.1.